The topological polar surface area (TPSA) is 84.2 Å². The number of nitrogens with zero attached hydrogens (tertiary/aromatic N) is 2. The molecule has 1 atom stereocenters. The summed E-state index contributed by atoms with van der Waals surface area (Å²) in [5.74, 6) is -1.20. The molecule has 122 valence electrons. The summed E-state index contributed by atoms with van der Waals surface area (Å²) >= 11 is 0. The summed E-state index contributed by atoms with van der Waals surface area (Å²) in [6.07, 6.45) is 3.98. The van der Waals surface area contributed by atoms with E-state index < -0.39 is 12.0 Å². The number of aromatic nitrogens is 2. The van der Waals surface area contributed by atoms with Crippen molar-refractivity contribution >= 4 is 11.9 Å². The second-order valence-corrected chi connectivity index (χ2v) is 5.89. The molecule has 0 unspecified atom stereocenters. The monoisotopic (exact) mass is 315 g/mol. The molecule has 0 aliphatic carbocycles. The van der Waals surface area contributed by atoms with Crippen LogP contribution in [0.5, 0.6) is 0 Å². The largest absolute Gasteiger partial charge is 0.480 e. The van der Waals surface area contributed by atoms with Crippen molar-refractivity contribution in [1.29, 1.82) is 0 Å². The average Bonchev–Trinajstić information content (AvgIpc) is 2.99. The van der Waals surface area contributed by atoms with Crippen LogP contribution in [0.15, 0.2) is 42.7 Å². The van der Waals surface area contributed by atoms with Gasteiger partial charge in [0.05, 0.1) is 6.54 Å². The summed E-state index contributed by atoms with van der Waals surface area (Å²) in [5.41, 5.74) is 1.46. The van der Waals surface area contributed by atoms with Crippen LogP contribution in [0.2, 0.25) is 0 Å². The molecule has 0 bridgehead atoms. The molecular formula is C17H21N3O3. The predicted octanol–water partition coefficient (Wildman–Crippen LogP) is 2.16. The maximum atomic E-state index is 12.2. The van der Waals surface area contributed by atoms with E-state index in [2.05, 4.69) is 10.4 Å². The first-order valence-electron chi connectivity index (χ1n) is 7.55. The van der Waals surface area contributed by atoms with Gasteiger partial charge in [0.25, 0.3) is 5.91 Å². The summed E-state index contributed by atoms with van der Waals surface area (Å²) in [7, 11) is 0. The van der Waals surface area contributed by atoms with Gasteiger partial charge in [0.15, 0.2) is 0 Å². The van der Waals surface area contributed by atoms with E-state index in [9.17, 15) is 14.7 Å². The summed E-state index contributed by atoms with van der Waals surface area (Å²) < 4.78 is 1.79. The fourth-order valence-electron chi connectivity index (χ4n) is 2.28. The number of carboxylic acids is 1. The molecule has 23 heavy (non-hydrogen) atoms. The minimum atomic E-state index is -1.01. The summed E-state index contributed by atoms with van der Waals surface area (Å²) in [6, 6.07) is 8.06. The lowest BCUT2D eigenvalue weighted by Crippen LogP contribution is -2.41. The first-order valence-corrected chi connectivity index (χ1v) is 7.55. The van der Waals surface area contributed by atoms with Crippen molar-refractivity contribution in [3.8, 4) is 0 Å². The number of carbonyl (C=O) groups is 2. The van der Waals surface area contributed by atoms with Gasteiger partial charge in [-0.1, -0.05) is 26.0 Å². The standard InChI is InChI=1S/C17H21N3O3/c1-12(2)10-15(17(22)23)19-16(21)14-6-4-13(5-7-14)11-20-9-3-8-18-20/h3-9,12,15H,10-11H2,1-2H3,(H,19,21)(H,22,23)/t15-/m0/s1. The Bertz CT molecular complexity index is 648. The highest BCUT2D eigenvalue weighted by Crippen LogP contribution is 2.09. The van der Waals surface area contributed by atoms with Crippen LogP contribution >= 0.6 is 0 Å². The molecule has 0 aliphatic heterocycles. The molecule has 1 aromatic carbocycles. The minimum Gasteiger partial charge on any atom is -0.480 e. The number of aliphatic carboxylic acids is 1. The van der Waals surface area contributed by atoms with Crippen LogP contribution < -0.4 is 5.32 Å². The molecule has 1 amide bonds. The van der Waals surface area contributed by atoms with Gasteiger partial charge in [-0.05, 0) is 36.1 Å². The van der Waals surface area contributed by atoms with Crippen LogP contribution in [-0.4, -0.2) is 32.8 Å². The molecule has 0 radical (unpaired) electrons. The fraction of sp³-hybridized carbons (Fsp3) is 0.353. The molecule has 2 rings (SSSR count). The van der Waals surface area contributed by atoms with Crippen molar-refractivity contribution in [2.45, 2.75) is 32.9 Å². The van der Waals surface area contributed by atoms with E-state index in [1.165, 1.54) is 0 Å². The Morgan fingerprint density at radius 2 is 1.96 bits per heavy atom. The third-order valence-corrected chi connectivity index (χ3v) is 3.43. The number of amides is 1. The number of nitrogens with one attached hydrogen (secondary N) is 1. The molecule has 2 aromatic rings. The highest BCUT2D eigenvalue weighted by atomic mass is 16.4. The van der Waals surface area contributed by atoms with Crippen LogP contribution in [0.25, 0.3) is 0 Å². The van der Waals surface area contributed by atoms with E-state index in [0.717, 1.165) is 5.56 Å². The quantitative estimate of drug-likeness (QED) is 0.820. The van der Waals surface area contributed by atoms with Gasteiger partial charge in [-0.15, -0.1) is 0 Å². The van der Waals surface area contributed by atoms with Crippen molar-refractivity contribution < 1.29 is 14.7 Å². The highest BCUT2D eigenvalue weighted by molar-refractivity contribution is 5.96. The number of benzene rings is 1. The first-order chi connectivity index (χ1) is 11.0. The molecular weight excluding hydrogens is 294 g/mol. The van der Waals surface area contributed by atoms with E-state index in [1.807, 2.05) is 38.2 Å². The van der Waals surface area contributed by atoms with Gasteiger partial charge in [-0.2, -0.15) is 5.10 Å². The van der Waals surface area contributed by atoms with Crippen LogP contribution in [0.4, 0.5) is 0 Å². The number of carboxylic acid groups (broad SMARTS) is 1. The van der Waals surface area contributed by atoms with E-state index in [4.69, 9.17) is 0 Å². The molecule has 2 N–H and O–H groups in total. The van der Waals surface area contributed by atoms with E-state index in [1.54, 1.807) is 23.0 Å². The number of hydrogen-bond acceptors (Lipinski definition) is 3. The van der Waals surface area contributed by atoms with Crippen LogP contribution in [0, 0.1) is 5.92 Å². The minimum absolute atomic E-state index is 0.188. The van der Waals surface area contributed by atoms with E-state index in [0.29, 0.717) is 18.5 Å². The van der Waals surface area contributed by atoms with Gasteiger partial charge in [-0.25, -0.2) is 4.79 Å². The van der Waals surface area contributed by atoms with Crippen molar-refractivity contribution in [2.75, 3.05) is 0 Å². The Labute approximate surface area is 135 Å². The lowest BCUT2D eigenvalue weighted by molar-refractivity contribution is -0.139. The Kier molecular flexibility index (Phi) is 5.51. The lowest BCUT2D eigenvalue weighted by Gasteiger charge is -2.16. The molecule has 0 aliphatic rings. The van der Waals surface area contributed by atoms with Crippen molar-refractivity contribution in [3.63, 3.8) is 0 Å². The second-order valence-electron chi connectivity index (χ2n) is 5.89. The fourth-order valence-corrected chi connectivity index (χ4v) is 2.28. The zero-order valence-electron chi connectivity index (χ0n) is 13.3. The molecule has 0 saturated carbocycles. The maximum Gasteiger partial charge on any atom is 0.326 e. The Balaban J connectivity index is 2.00. The van der Waals surface area contributed by atoms with Crippen molar-refractivity contribution in [2.24, 2.45) is 5.92 Å². The summed E-state index contributed by atoms with van der Waals surface area (Å²) in [5, 5.41) is 15.9. The summed E-state index contributed by atoms with van der Waals surface area (Å²) in [4.78, 5) is 23.4. The summed E-state index contributed by atoms with van der Waals surface area (Å²) in [6.45, 7) is 4.47. The lowest BCUT2D eigenvalue weighted by atomic mass is 10.0. The first kappa shape index (κ1) is 16.7. The predicted molar refractivity (Wildman–Crippen MR) is 86.1 cm³/mol. The zero-order valence-corrected chi connectivity index (χ0v) is 13.3. The Morgan fingerprint density at radius 3 is 2.48 bits per heavy atom. The van der Waals surface area contributed by atoms with Crippen LogP contribution in [-0.2, 0) is 11.3 Å². The number of rotatable bonds is 7. The van der Waals surface area contributed by atoms with Crippen molar-refractivity contribution in [3.05, 3.63) is 53.9 Å². The van der Waals surface area contributed by atoms with E-state index in [-0.39, 0.29) is 11.8 Å². The number of carbonyl (C=O) groups excluding carboxylic acids is 1. The van der Waals surface area contributed by atoms with Crippen molar-refractivity contribution in [1.82, 2.24) is 15.1 Å². The normalized spacial score (nSPS) is 12.1. The SMILES string of the molecule is CC(C)C[C@H](NC(=O)c1ccc(Cn2cccn2)cc1)C(=O)O. The van der Waals surface area contributed by atoms with Gasteiger partial charge in [-0.3, -0.25) is 9.48 Å². The van der Waals surface area contributed by atoms with Crippen LogP contribution in [0.3, 0.4) is 0 Å². The van der Waals surface area contributed by atoms with E-state index >= 15 is 0 Å². The zero-order chi connectivity index (χ0) is 16.8. The molecule has 0 spiro atoms. The highest BCUT2D eigenvalue weighted by Gasteiger charge is 2.21. The van der Waals surface area contributed by atoms with Crippen LogP contribution in [0.1, 0.15) is 36.2 Å². The molecule has 0 saturated heterocycles. The third kappa shape index (κ3) is 4.95. The van der Waals surface area contributed by atoms with Gasteiger partial charge in [0, 0.05) is 18.0 Å². The molecule has 6 heteroatoms. The Hall–Kier alpha value is -2.63. The molecule has 1 heterocycles. The smallest absolute Gasteiger partial charge is 0.326 e. The number of hydrogen-bond donors (Lipinski definition) is 2. The molecule has 0 fully saturated rings. The second kappa shape index (κ2) is 7.58. The molecule has 6 nitrogen and oxygen atoms in total. The van der Waals surface area contributed by atoms with Gasteiger partial charge < -0.3 is 10.4 Å². The molecule has 1 aromatic heterocycles. The van der Waals surface area contributed by atoms with Gasteiger partial charge in [0.2, 0.25) is 0 Å². The Morgan fingerprint density at radius 1 is 1.26 bits per heavy atom. The van der Waals surface area contributed by atoms with Gasteiger partial charge >= 0.3 is 5.97 Å². The maximum absolute atomic E-state index is 12.2. The average molecular weight is 315 g/mol. The van der Waals surface area contributed by atoms with Gasteiger partial charge in [0.1, 0.15) is 6.04 Å². The third-order valence-electron chi connectivity index (χ3n) is 3.43.